The van der Waals surface area contributed by atoms with E-state index >= 15 is 0 Å². The Morgan fingerprint density at radius 2 is 1.46 bits per heavy atom. The summed E-state index contributed by atoms with van der Waals surface area (Å²) in [6.45, 7) is 14.2. The first-order chi connectivity index (χ1) is 12.7. The van der Waals surface area contributed by atoms with E-state index in [1.807, 2.05) is 0 Å². The van der Waals surface area contributed by atoms with Gasteiger partial charge in [0.05, 0.1) is 0 Å². The zero-order valence-electron chi connectivity index (χ0n) is 17.0. The van der Waals surface area contributed by atoms with E-state index in [0.717, 1.165) is 58.9 Å². The second-order valence-corrected chi connectivity index (χ2v) is 7.56. The Morgan fingerprint density at radius 3 is 2.12 bits per heavy atom. The minimum absolute atomic E-state index is 1.04. The van der Waals surface area contributed by atoms with Crippen molar-refractivity contribution in [3.05, 3.63) is 40.9 Å². The highest BCUT2D eigenvalue weighted by atomic mass is 15.1. The third-order valence-corrected chi connectivity index (χ3v) is 5.16. The molecule has 1 fully saturated rings. The van der Waals surface area contributed by atoms with E-state index in [4.69, 9.17) is 0 Å². The minimum atomic E-state index is 1.04. The first-order valence-electron chi connectivity index (χ1n) is 10.2. The van der Waals surface area contributed by atoms with Crippen LogP contribution in [0.5, 0.6) is 0 Å². The number of hydrogen-bond acceptors (Lipinski definition) is 4. The molecule has 1 aromatic carbocycles. The van der Waals surface area contributed by atoms with Crippen LogP contribution in [-0.2, 0) is 6.54 Å². The van der Waals surface area contributed by atoms with Gasteiger partial charge in [0.1, 0.15) is 7.85 Å². The maximum absolute atomic E-state index is 3.59. The number of nitrogens with zero attached hydrogens (tertiary/aromatic N) is 1. The number of hydrogen-bond donors (Lipinski definition) is 3. The third kappa shape index (κ3) is 8.04. The molecule has 1 aromatic rings. The van der Waals surface area contributed by atoms with Gasteiger partial charge < -0.3 is 16.0 Å². The van der Waals surface area contributed by atoms with Gasteiger partial charge in [0.15, 0.2) is 0 Å². The van der Waals surface area contributed by atoms with Gasteiger partial charge in [-0.25, -0.2) is 0 Å². The molecule has 144 valence electrons. The van der Waals surface area contributed by atoms with Crippen LogP contribution in [-0.4, -0.2) is 65.1 Å². The summed E-state index contributed by atoms with van der Waals surface area (Å²) in [6, 6.07) is 9.14. The van der Waals surface area contributed by atoms with Crippen molar-refractivity contribution in [2.45, 2.75) is 33.2 Å². The summed E-state index contributed by atoms with van der Waals surface area (Å²) >= 11 is 0. The first kappa shape index (κ1) is 21.2. The smallest absolute Gasteiger partial charge is 0.133 e. The summed E-state index contributed by atoms with van der Waals surface area (Å²) in [4.78, 5) is 2.58. The summed E-state index contributed by atoms with van der Waals surface area (Å²) in [7, 11) is 2.18. The van der Waals surface area contributed by atoms with Gasteiger partial charge in [-0.15, -0.1) is 5.47 Å². The normalized spacial score (nSPS) is 20.2. The fourth-order valence-corrected chi connectivity index (χ4v) is 3.23. The van der Waals surface area contributed by atoms with Gasteiger partial charge in [0.25, 0.3) is 0 Å². The van der Waals surface area contributed by atoms with Gasteiger partial charge >= 0.3 is 0 Å². The van der Waals surface area contributed by atoms with Crippen molar-refractivity contribution < 1.29 is 0 Å². The molecule has 1 saturated heterocycles. The second-order valence-electron chi connectivity index (χ2n) is 7.56. The van der Waals surface area contributed by atoms with Crippen LogP contribution < -0.4 is 16.0 Å². The molecule has 0 atom stereocenters. The average molecular weight is 356 g/mol. The Kier molecular flexibility index (Phi) is 10.0. The summed E-state index contributed by atoms with van der Waals surface area (Å²) in [6.07, 6.45) is 2.40. The van der Waals surface area contributed by atoms with Gasteiger partial charge in [0.2, 0.25) is 0 Å². The number of benzene rings is 1. The highest BCUT2D eigenvalue weighted by Crippen LogP contribution is 2.17. The summed E-state index contributed by atoms with van der Waals surface area (Å²) in [5, 5.41) is 10.6. The Hall–Kier alpha value is -1.14. The molecule has 0 unspecified atom stereocenters. The Bertz CT molecular complexity index is 523. The molecule has 1 aliphatic heterocycles. The van der Waals surface area contributed by atoms with Crippen molar-refractivity contribution in [3.8, 4) is 0 Å². The van der Waals surface area contributed by atoms with E-state index in [1.165, 1.54) is 35.0 Å². The lowest BCUT2D eigenvalue weighted by Crippen LogP contribution is -2.36. The van der Waals surface area contributed by atoms with Gasteiger partial charge in [-0.2, -0.15) is 0 Å². The van der Waals surface area contributed by atoms with Crippen LogP contribution in [0.15, 0.2) is 29.7 Å². The van der Waals surface area contributed by atoms with Crippen molar-refractivity contribution in [1.29, 1.82) is 0 Å². The fraction of sp³-hybridized carbons (Fsp3) is 0.619. The number of rotatable bonds is 3. The van der Waals surface area contributed by atoms with Crippen LogP contribution in [0, 0.1) is 0 Å². The molecule has 4 nitrogen and oxygen atoms in total. The SMILES string of the molecule is B/C(C)=C(\C)c1ccc(CN2CCCNCCNCCCNCC2)cc1. The highest BCUT2D eigenvalue weighted by Gasteiger charge is 2.07. The van der Waals surface area contributed by atoms with Gasteiger partial charge in [-0.05, 0) is 57.1 Å². The van der Waals surface area contributed by atoms with Crippen molar-refractivity contribution in [3.63, 3.8) is 0 Å². The largest absolute Gasteiger partial charge is 0.315 e. The van der Waals surface area contributed by atoms with E-state index in [-0.39, 0.29) is 0 Å². The Balaban J connectivity index is 1.89. The molecule has 0 spiro atoms. The van der Waals surface area contributed by atoms with Gasteiger partial charge in [-0.3, -0.25) is 4.90 Å². The number of nitrogens with one attached hydrogen (secondary N) is 3. The quantitative estimate of drug-likeness (QED) is 0.717. The lowest BCUT2D eigenvalue weighted by Gasteiger charge is -2.23. The van der Waals surface area contributed by atoms with E-state index < -0.39 is 0 Å². The molecule has 1 heterocycles. The maximum atomic E-state index is 3.59. The van der Waals surface area contributed by atoms with Crippen LogP contribution in [0.4, 0.5) is 0 Å². The standard InChI is InChI=1S/C21H37BN4/c1-18(19(2)22)21-7-5-20(6-8-21)17-26-15-4-11-24-13-12-23-9-3-10-25-14-16-26/h5-8,23-25H,3-4,9-17,22H2,1-2H3/b19-18+. The van der Waals surface area contributed by atoms with Crippen molar-refractivity contribution in [2.24, 2.45) is 0 Å². The maximum Gasteiger partial charge on any atom is 0.133 e. The number of allylic oxidation sites excluding steroid dienone is 2. The predicted octanol–water partition coefficient (Wildman–Crippen LogP) is 1.44. The highest BCUT2D eigenvalue weighted by molar-refractivity contribution is 6.24. The van der Waals surface area contributed by atoms with Crippen molar-refractivity contribution in [1.82, 2.24) is 20.9 Å². The van der Waals surface area contributed by atoms with Crippen LogP contribution >= 0.6 is 0 Å². The molecule has 2 rings (SSSR count). The Labute approximate surface area is 161 Å². The fourth-order valence-electron chi connectivity index (χ4n) is 3.23. The molecule has 0 aliphatic carbocycles. The molecular formula is C21H37BN4. The molecule has 0 bridgehead atoms. The van der Waals surface area contributed by atoms with E-state index in [9.17, 15) is 0 Å². The molecule has 0 saturated carbocycles. The second kappa shape index (κ2) is 12.3. The van der Waals surface area contributed by atoms with E-state index in [0.29, 0.717) is 0 Å². The molecule has 3 N–H and O–H groups in total. The van der Waals surface area contributed by atoms with Crippen LogP contribution in [0.1, 0.15) is 37.8 Å². The summed E-state index contributed by atoms with van der Waals surface area (Å²) < 4.78 is 0. The lowest BCUT2D eigenvalue weighted by atomic mass is 9.89. The molecule has 26 heavy (non-hydrogen) atoms. The summed E-state index contributed by atoms with van der Waals surface area (Å²) in [5.41, 5.74) is 5.53. The van der Waals surface area contributed by atoms with Crippen molar-refractivity contribution >= 4 is 13.4 Å². The monoisotopic (exact) mass is 356 g/mol. The van der Waals surface area contributed by atoms with Crippen LogP contribution in [0.25, 0.3) is 5.57 Å². The van der Waals surface area contributed by atoms with Crippen LogP contribution in [0.3, 0.4) is 0 Å². The third-order valence-electron chi connectivity index (χ3n) is 5.16. The van der Waals surface area contributed by atoms with E-state index in [1.54, 1.807) is 0 Å². The van der Waals surface area contributed by atoms with Gasteiger partial charge in [-0.1, -0.05) is 36.8 Å². The zero-order valence-corrected chi connectivity index (χ0v) is 17.0. The average Bonchev–Trinajstić information content (AvgIpc) is 2.64. The minimum Gasteiger partial charge on any atom is -0.315 e. The predicted molar refractivity (Wildman–Crippen MR) is 116 cm³/mol. The van der Waals surface area contributed by atoms with E-state index in [2.05, 4.69) is 66.8 Å². The molecule has 0 aromatic heterocycles. The molecular weight excluding hydrogens is 319 g/mol. The van der Waals surface area contributed by atoms with Crippen LogP contribution in [0.2, 0.25) is 0 Å². The Morgan fingerprint density at radius 1 is 0.846 bits per heavy atom. The molecule has 1 aliphatic rings. The zero-order chi connectivity index (χ0) is 18.6. The topological polar surface area (TPSA) is 39.3 Å². The molecule has 0 radical (unpaired) electrons. The molecule has 0 amide bonds. The lowest BCUT2D eigenvalue weighted by molar-refractivity contribution is 0.260. The van der Waals surface area contributed by atoms with Gasteiger partial charge in [0, 0.05) is 32.7 Å². The van der Waals surface area contributed by atoms with Crippen molar-refractivity contribution in [2.75, 3.05) is 52.4 Å². The summed E-state index contributed by atoms with van der Waals surface area (Å²) in [5.74, 6) is 0. The first-order valence-corrected chi connectivity index (χ1v) is 10.2. The molecule has 5 heteroatoms.